The number of hydrogen-bond acceptors (Lipinski definition) is 0. The average molecular weight is 330 g/mol. The molecule has 2 rings (SSSR count). The highest BCUT2D eigenvalue weighted by Crippen LogP contribution is 2.25. The van der Waals surface area contributed by atoms with Crippen molar-refractivity contribution in [3.8, 4) is 0 Å². The fourth-order valence-corrected chi connectivity index (χ4v) is 2.64. The lowest BCUT2D eigenvalue weighted by Crippen LogP contribution is -2.35. The Morgan fingerprint density at radius 3 is 1.67 bits per heavy atom. The van der Waals surface area contributed by atoms with Crippen LogP contribution in [-0.4, -0.2) is 32.2 Å². The van der Waals surface area contributed by atoms with Crippen LogP contribution in [0.25, 0.3) is 5.57 Å². The standard InChI is InChI=1S/C21H26F2N/c1-24(2,3)16-6-4-5-7-21(17-8-12-19(22)13-9-17)18-10-14-20(23)15-11-18/h7-15H,4-6,16H2,1-3H3/q+1. The monoisotopic (exact) mass is 330 g/mol. The van der Waals surface area contributed by atoms with Crippen molar-refractivity contribution in [1.29, 1.82) is 0 Å². The maximum Gasteiger partial charge on any atom is 0.123 e. The third-order valence-corrected chi connectivity index (χ3v) is 3.94. The number of halogens is 2. The smallest absolute Gasteiger partial charge is 0.123 e. The van der Waals surface area contributed by atoms with Crippen LogP contribution in [0.4, 0.5) is 8.78 Å². The lowest BCUT2D eigenvalue weighted by molar-refractivity contribution is -0.870. The third kappa shape index (κ3) is 5.89. The molecule has 0 atom stereocenters. The first kappa shape index (κ1) is 18.3. The second kappa shape index (κ2) is 8.20. The number of allylic oxidation sites excluding steroid dienone is 1. The summed E-state index contributed by atoms with van der Waals surface area (Å²) in [6.45, 7) is 1.14. The first-order valence-corrected chi connectivity index (χ1v) is 8.38. The molecule has 0 aliphatic rings. The highest BCUT2D eigenvalue weighted by Gasteiger charge is 2.07. The van der Waals surface area contributed by atoms with Crippen LogP contribution in [0, 0.1) is 11.6 Å². The maximum atomic E-state index is 13.2. The van der Waals surface area contributed by atoms with E-state index in [-0.39, 0.29) is 11.6 Å². The molecular formula is C21H26F2N+. The fourth-order valence-electron chi connectivity index (χ4n) is 2.64. The summed E-state index contributed by atoms with van der Waals surface area (Å²) >= 11 is 0. The van der Waals surface area contributed by atoms with Gasteiger partial charge in [0, 0.05) is 0 Å². The molecule has 0 heterocycles. The average Bonchev–Trinajstić information content (AvgIpc) is 2.52. The van der Waals surface area contributed by atoms with E-state index in [0.29, 0.717) is 0 Å². The van der Waals surface area contributed by atoms with E-state index in [2.05, 4.69) is 27.2 Å². The van der Waals surface area contributed by atoms with Gasteiger partial charge in [-0.2, -0.15) is 0 Å². The first-order chi connectivity index (χ1) is 11.3. The Hall–Kier alpha value is -2.00. The van der Waals surface area contributed by atoms with E-state index in [9.17, 15) is 8.78 Å². The van der Waals surface area contributed by atoms with Gasteiger partial charge in [0.25, 0.3) is 0 Å². The molecule has 0 fully saturated rings. The number of nitrogens with zero attached hydrogens (tertiary/aromatic N) is 1. The highest BCUT2D eigenvalue weighted by molar-refractivity contribution is 5.79. The molecule has 128 valence electrons. The van der Waals surface area contributed by atoms with Crippen molar-refractivity contribution in [3.63, 3.8) is 0 Å². The van der Waals surface area contributed by atoms with Gasteiger partial charge in [-0.25, -0.2) is 8.78 Å². The Balaban J connectivity index is 2.15. The largest absolute Gasteiger partial charge is 0.331 e. The van der Waals surface area contributed by atoms with Crippen molar-refractivity contribution in [3.05, 3.63) is 77.4 Å². The van der Waals surface area contributed by atoms with E-state index in [1.165, 1.54) is 24.3 Å². The highest BCUT2D eigenvalue weighted by atomic mass is 19.1. The summed E-state index contributed by atoms with van der Waals surface area (Å²) in [5, 5.41) is 0. The van der Waals surface area contributed by atoms with E-state index >= 15 is 0 Å². The van der Waals surface area contributed by atoms with Crippen LogP contribution in [0.2, 0.25) is 0 Å². The summed E-state index contributed by atoms with van der Waals surface area (Å²) in [5.41, 5.74) is 2.93. The lowest BCUT2D eigenvalue weighted by atomic mass is 9.96. The Kier molecular flexibility index (Phi) is 6.27. The molecule has 0 spiro atoms. The molecule has 2 aromatic carbocycles. The molecule has 0 saturated carbocycles. The number of hydrogen-bond donors (Lipinski definition) is 0. The van der Waals surface area contributed by atoms with Gasteiger partial charge in [-0.05, 0) is 60.2 Å². The minimum atomic E-state index is -0.250. The molecule has 0 N–H and O–H groups in total. The summed E-state index contributed by atoms with van der Waals surface area (Å²) in [6, 6.07) is 12.9. The van der Waals surface area contributed by atoms with Gasteiger partial charge in [0.1, 0.15) is 11.6 Å². The number of unbranched alkanes of at least 4 members (excludes halogenated alkanes) is 2. The molecular weight excluding hydrogens is 304 g/mol. The summed E-state index contributed by atoms with van der Waals surface area (Å²) in [7, 11) is 6.58. The number of quaternary nitrogens is 1. The van der Waals surface area contributed by atoms with Crippen LogP contribution >= 0.6 is 0 Å². The van der Waals surface area contributed by atoms with E-state index < -0.39 is 0 Å². The fraction of sp³-hybridized carbons (Fsp3) is 0.333. The van der Waals surface area contributed by atoms with Gasteiger partial charge in [0.2, 0.25) is 0 Å². The molecule has 0 saturated heterocycles. The second-order valence-electron chi connectivity index (χ2n) is 7.14. The molecule has 0 radical (unpaired) electrons. The van der Waals surface area contributed by atoms with Gasteiger partial charge >= 0.3 is 0 Å². The van der Waals surface area contributed by atoms with Crippen molar-refractivity contribution in [1.82, 2.24) is 0 Å². The van der Waals surface area contributed by atoms with Gasteiger partial charge < -0.3 is 4.48 Å². The SMILES string of the molecule is C[N+](C)(C)CCCCC=C(c1ccc(F)cc1)c1ccc(F)cc1. The van der Waals surface area contributed by atoms with Gasteiger partial charge in [0.05, 0.1) is 27.7 Å². The molecule has 0 aliphatic heterocycles. The first-order valence-electron chi connectivity index (χ1n) is 8.38. The van der Waals surface area contributed by atoms with Gasteiger partial charge in [-0.3, -0.25) is 0 Å². The van der Waals surface area contributed by atoms with Crippen molar-refractivity contribution >= 4 is 5.57 Å². The molecule has 24 heavy (non-hydrogen) atoms. The van der Waals surface area contributed by atoms with Crippen molar-refractivity contribution in [2.24, 2.45) is 0 Å². The maximum absolute atomic E-state index is 13.2. The summed E-state index contributed by atoms with van der Waals surface area (Å²) in [5.74, 6) is -0.500. The van der Waals surface area contributed by atoms with Crippen LogP contribution in [0.1, 0.15) is 30.4 Å². The Morgan fingerprint density at radius 2 is 1.25 bits per heavy atom. The predicted molar refractivity (Wildman–Crippen MR) is 96.6 cm³/mol. The van der Waals surface area contributed by atoms with Crippen molar-refractivity contribution in [2.75, 3.05) is 27.7 Å². The van der Waals surface area contributed by atoms with Crippen LogP contribution in [0.5, 0.6) is 0 Å². The lowest BCUT2D eigenvalue weighted by Gasteiger charge is -2.23. The summed E-state index contributed by atoms with van der Waals surface area (Å²) in [6.07, 6.45) is 5.38. The Bertz CT molecular complexity index is 617. The molecule has 2 aromatic rings. The molecule has 0 bridgehead atoms. The summed E-state index contributed by atoms with van der Waals surface area (Å²) < 4.78 is 27.4. The van der Waals surface area contributed by atoms with Gasteiger partial charge in [-0.1, -0.05) is 30.3 Å². The molecule has 0 aliphatic carbocycles. The molecule has 0 unspecified atom stereocenters. The van der Waals surface area contributed by atoms with E-state index in [1.807, 2.05) is 0 Å². The molecule has 1 nitrogen and oxygen atoms in total. The van der Waals surface area contributed by atoms with Crippen LogP contribution < -0.4 is 0 Å². The van der Waals surface area contributed by atoms with Gasteiger partial charge in [0.15, 0.2) is 0 Å². The Labute approximate surface area is 143 Å². The van der Waals surface area contributed by atoms with Crippen LogP contribution in [-0.2, 0) is 0 Å². The number of rotatable bonds is 7. The molecule has 0 amide bonds. The second-order valence-corrected chi connectivity index (χ2v) is 7.14. The third-order valence-electron chi connectivity index (χ3n) is 3.94. The molecule has 3 heteroatoms. The minimum absolute atomic E-state index is 0.250. The quantitative estimate of drug-likeness (QED) is 0.479. The Morgan fingerprint density at radius 1 is 0.792 bits per heavy atom. The minimum Gasteiger partial charge on any atom is -0.331 e. The topological polar surface area (TPSA) is 0 Å². The zero-order valence-electron chi connectivity index (χ0n) is 14.7. The van der Waals surface area contributed by atoms with Crippen molar-refractivity contribution < 1.29 is 13.3 Å². The van der Waals surface area contributed by atoms with Crippen LogP contribution in [0.3, 0.4) is 0 Å². The normalized spacial score (nSPS) is 11.4. The van der Waals surface area contributed by atoms with E-state index in [4.69, 9.17) is 0 Å². The molecule has 0 aromatic heterocycles. The summed E-state index contributed by atoms with van der Waals surface area (Å²) in [4.78, 5) is 0. The zero-order valence-corrected chi connectivity index (χ0v) is 14.7. The van der Waals surface area contributed by atoms with Crippen LogP contribution in [0.15, 0.2) is 54.6 Å². The van der Waals surface area contributed by atoms with E-state index in [1.54, 1.807) is 24.3 Å². The van der Waals surface area contributed by atoms with Crippen molar-refractivity contribution in [2.45, 2.75) is 19.3 Å². The van der Waals surface area contributed by atoms with Gasteiger partial charge in [-0.15, -0.1) is 0 Å². The predicted octanol–water partition coefficient (Wildman–Crippen LogP) is 5.27. The zero-order chi connectivity index (χ0) is 17.6. The van der Waals surface area contributed by atoms with E-state index in [0.717, 1.165) is 47.0 Å². The number of benzene rings is 2.